The van der Waals surface area contributed by atoms with Crippen molar-refractivity contribution in [2.24, 2.45) is 4.99 Å². The number of pyridine rings is 1. The molecule has 3 atom stereocenters. The molecule has 0 saturated carbocycles. The summed E-state index contributed by atoms with van der Waals surface area (Å²) in [4.78, 5) is 12.0. The van der Waals surface area contributed by atoms with E-state index >= 15 is 0 Å². The van der Waals surface area contributed by atoms with Crippen LogP contribution in [0.4, 0.5) is 0 Å². The first-order valence-corrected chi connectivity index (χ1v) is 10.4. The minimum atomic E-state index is -0.0720. The molecule has 3 unspecified atom stereocenters. The largest absolute Gasteiger partial charge is 0.493 e. The lowest BCUT2D eigenvalue weighted by molar-refractivity contribution is 0.254. The molecule has 1 saturated heterocycles. The summed E-state index contributed by atoms with van der Waals surface area (Å²) >= 11 is 8.34. The van der Waals surface area contributed by atoms with E-state index in [-0.39, 0.29) is 12.1 Å². The highest BCUT2D eigenvalue weighted by Gasteiger charge is 2.45. The number of thioether (sulfide) groups is 1. The molecule has 0 N–H and O–H groups in total. The predicted molar refractivity (Wildman–Crippen MR) is 110 cm³/mol. The van der Waals surface area contributed by atoms with Gasteiger partial charge < -0.3 is 14.4 Å². The summed E-state index contributed by atoms with van der Waals surface area (Å²) in [5, 5.41) is 1.63. The van der Waals surface area contributed by atoms with Gasteiger partial charge in [0.05, 0.1) is 31.0 Å². The molecule has 0 amide bonds. The Balaban J connectivity index is 1.83. The molecule has 0 spiro atoms. The number of benzene rings is 1. The van der Waals surface area contributed by atoms with E-state index in [1.807, 2.05) is 48.3 Å². The van der Waals surface area contributed by atoms with Crippen LogP contribution in [-0.4, -0.2) is 41.1 Å². The topological polar surface area (TPSA) is 47.0 Å². The average Bonchev–Trinajstić information content (AvgIpc) is 3.26. The Morgan fingerprint density at radius 2 is 2.11 bits per heavy atom. The summed E-state index contributed by atoms with van der Waals surface area (Å²) < 4.78 is 10.9. The van der Waals surface area contributed by atoms with Gasteiger partial charge in [0.1, 0.15) is 6.04 Å². The second-order valence-corrected chi connectivity index (χ2v) is 7.97. The summed E-state index contributed by atoms with van der Waals surface area (Å²) in [6.07, 6.45) is 2.89. The molecule has 1 aromatic carbocycles. The van der Waals surface area contributed by atoms with E-state index in [2.05, 4.69) is 16.8 Å². The van der Waals surface area contributed by atoms with E-state index in [4.69, 9.17) is 26.1 Å². The zero-order chi connectivity index (χ0) is 19.0. The first kappa shape index (κ1) is 18.4. The highest BCUT2D eigenvalue weighted by Crippen LogP contribution is 2.50. The zero-order valence-corrected chi connectivity index (χ0v) is 17.1. The van der Waals surface area contributed by atoms with Crippen LogP contribution in [-0.2, 0) is 0 Å². The van der Waals surface area contributed by atoms with Crippen molar-refractivity contribution < 1.29 is 9.47 Å². The van der Waals surface area contributed by atoms with Crippen molar-refractivity contribution in [1.82, 2.24) is 9.88 Å². The predicted octanol–water partition coefficient (Wildman–Crippen LogP) is 4.73. The number of hydrogen-bond acceptors (Lipinski definition) is 6. The van der Waals surface area contributed by atoms with Crippen LogP contribution in [0.5, 0.6) is 11.5 Å². The molecule has 1 aromatic heterocycles. The van der Waals surface area contributed by atoms with E-state index < -0.39 is 0 Å². The monoisotopic (exact) mass is 403 g/mol. The first-order chi connectivity index (χ1) is 13.2. The number of amidine groups is 1. The van der Waals surface area contributed by atoms with Crippen molar-refractivity contribution in [3.8, 4) is 11.5 Å². The molecule has 27 heavy (non-hydrogen) atoms. The van der Waals surface area contributed by atoms with Gasteiger partial charge in [0.15, 0.2) is 16.7 Å². The van der Waals surface area contributed by atoms with Crippen LogP contribution in [0.1, 0.15) is 36.7 Å². The molecule has 4 rings (SSSR count). The fourth-order valence-corrected chi connectivity index (χ4v) is 5.45. The molecule has 2 aliphatic heterocycles. The third-order valence-electron chi connectivity index (χ3n) is 5.13. The molecule has 2 aliphatic rings. The Kier molecular flexibility index (Phi) is 5.19. The summed E-state index contributed by atoms with van der Waals surface area (Å²) in [5.41, 5.74) is 2.03. The molecule has 0 radical (unpaired) electrons. The quantitative estimate of drug-likeness (QED) is 0.722. The van der Waals surface area contributed by atoms with Crippen LogP contribution in [0.3, 0.4) is 0 Å². The first-order valence-electron chi connectivity index (χ1n) is 8.99. The number of fused-ring (bicyclic) bond motifs is 1. The maximum Gasteiger partial charge on any atom is 0.179 e. The molecule has 1 fully saturated rings. The molecule has 3 heterocycles. The SMILES string of the molecule is CCC1CSC2=NC(c3ccccn3)C(c3cc(Cl)c(OC)c(OC)c3)N21. The Bertz CT molecular complexity index is 862. The Morgan fingerprint density at radius 1 is 1.26 bits per heavy atom. The summed E-state index contributed by atoms with van der Waals surface area (Å²) in [7, 11) is 3.23. The van der Waals surface area contributed by atoms with Crippen molar-refractivity contribution in [2.45, 2.75) is 31.5 Å². The van der Waals surface area contributed by atoms with Crippen molar-refractivity contribution in [2.75, 3.05) is 20.0 Å². The molecule has 0 bridgehead atoms. The summed E-state index contributed by atoms with van der Waals surface area (Å²) in [6.45, 7) is 2.22. The minimum absolute atomic E-state index is 0.0344. The van der Waals surface area contributed by atoms with Gasteiger partial charge in [-0.05, 0) is 36.2 Å². The van der Waals surface area contributed by atoms with Gasteiger partial charge in [-0.25, -0.2) is 0 Å². The van der Waals surface area contributed by atoms with Gasteiger partial charge in [0, 0.05) is 18.0 Å². The van der Waals surface area contributed by atoms with Gasteiger partial charge in [0.2, 0.25) is 0 Å². The van der Waals surface area contributed by atoms with E-state index in [0.29, 0.717) is 22.6 Å². The number of hydrogen-bond donors (Lipinski definition) is 0. The van der Waals surface area contributed by atoms with Gasteiger partial charge in [-0.15, -0.1) is 0 Å². The van der Waals surface area contributed by atoms with E-state index in [1.54, 1.807) is 14.2 Å². The molecular formula is C20H22ClN3O2S. The molecule has 7 heteroatoms. The highest BCUT2D eigenvalue weighted by molar-refractivity contribution is 8.14. The standard InChI is InChI=1S/C20H22ClN3O2S/c1-4-13-11-27-20-23-17(15-7-5-6-8-22-15)18(24(13)20)12-9-14(21)19(26-3)16(10-12)25-2/h5-10,13,17-18H,4,11H2,1-3H3. The maximum atomic E-state index is 6.52. The third-order valence-corrected chi connectivity index (χ3v) is 6.53. The lowest BCUT2D eigenvalue weighted by Crippen LogP contribution is -2.35. The number of aromatic nitrogens is 1. The summed E-state index contributed by atoms with van der Waals surface area (Å²) in [5.74, 6) is 2.24. The van der Waals surface area contributed by atoms with Crippen LogP contribution in [0.25, 0.3) is 0 Å². The second-order valence-electron chi connectivity index (χ2n) is 6.57. The normalized spacial score (nSPS) is 23.9. The van der Waals surface area contributed by atoms with Crippen molar-refractivity contribution in [3.63, 3.8) is 0 Å². The smallest absolute Gasteiger partial charge is 0.179 e. The number of halogens is 1. The molecular weight excluding hydrogens is 382 g/mol. The zero-order valence-electron chi connectivity index (χ0n) is 15.6. The lowest BCUT2D eigenvalue weighted by atomic mass is 9.95. The molecule has 5 nitrogen and oxygen atoms in total. The fourth-order valence-electron chi connectivity index (χ4n) is 3.82. The van der Waals surface area contributed by atoms with Gasteiger partial charge >= 0.3 is 0 Å². The lowest BCUT2D eigenvalue weighted by Gasteiger charge is -2.32. The highest BCUT2D eigenvalue weighted by atomic mass is 35.5. The number of aliphatic imine (C=N–C) groups is 1. The molecule has 2 aromatic rings. The number of rotatable bonds is 5. The maximum absolute atomic E-state index is 6.52. The molecule has 142 valence electrons. The van der Waals surface area contributed by atoms with Crippen molar-refractivity contribution >= 4 is 28.5 Å². The van der Waals surface area contributed by atoms with Crippen LogP contribution < -0.4 is 9.47 Å². The van der Waals surface area contributed by atoms with Crippen LogP contribution in [0.15, 0.2) is 41.5 Å². The van der Waals surface area contributed by atoms with E-state index in [9.17, 15) is 0 Å². The van der Waals surface area contributed by atoms with Crippen molar-refractivity contribution in [3.05, 3.63) is 52.8 Å². The number of nitrogens with zero attached hydrogens (tertiary/aromatic N) is 3. The summed E-state index contributed by atoms with van der Waals surface area (Å²) in [6, 6.07) is 10.4. The Labute approximate surface area is 168 Å². The Hall–Kier alpha value is -1.92. The van der Waals surface area contributed by atoms with Crippen LogP contribution in [0, 0.1) is 0 Å². The van der Waals surface area contributed by atoms with E-state index in [1.165, 1.54) is 0 Å². The van der Waals surface area contributed by atoms with E-state index in [0.717, 1.165) is 28.6 Å². The van der Waals surface area contributed by atoms with Crippen LogP contribution in [0.2, 0.25) is 5.02 Å². The van der Waals surface area contributed by atoms with Crippen molar-refractivity contribution in [1.29, 1.82) is 0 Å². The third kappa shape index (κ3) is 3.15. The fraction of sp³-hybridized carbons (Fsp3) is 0.400. The minimum Gasteiger partial charge on any atom is -0.493 e. The average molecular weight is 404 g/mol. The van der Waals surface area contributed by atoms with Gasteiger partial charge in [-0.2, -0.15) is 0 Å². The van der Waals surface area contributed by atoms with Gasteiger partial charge in [0.25, 0.3) is 0 Å². The van der Waals surface area contributed by atoms with Gasteiger partial charge in [-0.3, -0.25) is 9.98 Å². The Morgan fingerprint density at radius 3 is 2.78 bits per heavy atom. The number of ether oxygens (including phenoxy) is 2. The second kappa shape index (κ2) is 7.60. The van der Waals surface area contributed by atoms with Crippen LogP contribution >= 0.6 is 23.4 Å². The molecule has 0 aliphatic carbocycles. The van der Waals surface area contributed by atoms with Gasteiger partial charge in [-0.1, -0.05) is 36.4 Å². The number of methoxy groups -OCH3 is 2.